The molecule has 0 saturated heterocycles. The number of nitrogen functional groups attached to an aromatic ring is 1. The maximum atomic E-state index is 5.64. The van der Waals surface area contributed by atoms with Gasteiger partial charge in [-0.15, -0.1) is 0 Å². The molecule has 2 aromatic rings. The highest BCUT2D eigenvalue weighted by Gasteiger charge is 2.01. The lowest BCUT2D eigenvalue weighted by molar-refractivity contribution is 0.895. The molecule has 0 bridgehead atoms. The first-order valence-corrected chi connectivity index (χ1v) is 4.94. The number of hydrogen-bond donors (Lipinski definition) is 2. The molecule has 0 spiro atoms. The van der Waals surface area contributed by atoms with E-state index in [4.69, 9.17) is 5.73 Å². The van der Waals surface area contributed by atoms with Gasteiger partial charge in [0, 0.05) is 30.3 Å². The SMILES string of the molecule is CN(Cc1ccc[nH]1)c1ccc(N)cc1. The molecular formula is C12H15N3. The molecule has 3 nitrogen and oxygen atoms in total. The zero-order valence-corrected chi connectivity index (χ0v) is 8.77. The lowest BCUT2D eigenvalue weighted by atomic mass is 10.2. The van der Waals surface area contributed by atoms with E-state index in [1.165, 1.54) is 11.4 Å². The van der Waals surface area contributed by atoms with Crippen LogP contribution in [0.4, 0.5) is 11.4 Å². The molecule has 3 heteroatoms. The van der Waals surface area contributed by atoms with Crippen molar-refractivity contribution in [2.75, 3.05) is 17.7 Å². The highest BCUT2D eigenvalue weighted by Crippen LogP contribution is 2.16. The number of aromatic nitrogens is 1. The third-order valence-corrected chi connectivity index (χ3v) is 2.40. The van der Waals surface area contributed by atoms with Crippen molar-refractivity contribution in [2.24, 2.45) is 0 Å². The summed E-state index contributed by atoms with van der Waals surface area (Å²) in [5.74, 6) is 0. The first kappa shape index (κ1) is 9.65. The van der Waals surface area contributed by atoms with E-state index in [2.05, 4.69) is 23.0 Å². The molecule has 1 aromatic heterocycles. The maximum Gasteiger partial charge on any atom is 0.0576 e. The summed E-state index contributed by atoms with van der Waals surface area (Å²) >= 11 is 0. The molecule has 1 aromatic carbocycles. The number of aromatic amines is 1. The third kappa shape index (κ3) is 2.31. The minimum atomic E-state index is 0.798. The summed E-state index contributed by atoms with van der Waals surface area (Å²) in [7, 11) is 2.06. The van der Waals surface area contributed by atoms with Gasteiger partial charge in [-0.2, -0.15) is 0 Å². The highest BCUT2D eigenvalue weighted by molar-refractivity contribution is 5.52. The number of nitrogens with two attached hydrogens (primary N) is 1. The number of nitrogens with one attached hydrogen (secondary N) is 1. The first-order chi connectivity index (χ1) is 7.25. The summed E-state index contributed by atoms with van der Waals surface area (Å²) in [4.78, 5) is 5.35. The van der Waals surface area contributed by atoms with Crippen LogP contribution in [0.15, 0.2) is 42.6 Å². The van der Waals surface area contributed by atoms with Gasteiger partial charge in [0.2, 0.25) is 0 Å². The minimum absolute atomic E-state index is 0.798. The van der Waals surface area contributed by atoms with Crippen LogP contribution in [0.2, 0.25) is 0 Å². The molecule has 15 heavy (non-hydrogen) atoms. The summed E-state index contributed by atoms with van der Waals surface area (Å²) < 4.78 is 0. The number of anilines is 2. The van der Waals surface area contributed by atoms with Crippen LogP contribution in [0.3, 0.4) is 0 Å². The van der Waals surface area contributed by atoms with Crippen LogP contribution in [0.1, 0.15) is 5.69 Å². The lowest BCUT2D eigenvalue weighted by Gasteiger charge is -2.18. The molecule has 78 valence electrons. The number of benzene rings is 1. The quantitative estimate of drug-likeness (QED) is 0.748. The molecule has 0 aliphatic carbocycles. The van der Waals surface area contributed by atoms with Gasteiger partial charge in [-0.3, -0.25) is 0 Å². The number of nitrogens with zero attached hydrogens (tertiary/aromatic N) is 1. The Bertz CT molecular complexity index is 403. The monoisotopic (exact) mass is 201 g/mol. The molecule has 0 aliphatic rings. The number of H-pyrrole nitrogens is 1. The van der Waals surface area contributed by atoms with Crippen molar-refractivity contribution in [3.8, 4) is 0 Å². The Labute approximate surface area is 89.5 Å². The summed E-state index contributed by atoms with van der Waals surface area (Å²) in [6.07, 6.45) is 1.94. The molecule has 0 unspecified atom stereocenters. The van der Waals surface area contributed by atoms with Gasteiger partial charge in [-0.05, 0) is 36.4 Å². The second-order valence-corrected chi connectivity index (χ2v) is 3.64. The molecule has 0 fully saturated rings. The van der Waals surface area contributed by atoms with Crippen LogP contribution >= 0.6 is 0 Å². The van der Waals surface area contributed by atoms with Crippen LogP contribution in [0.5, 0.6) is 0 Å². The summed E-state index contributed by atoms with van der Waals surface area (Å²) in [6, 6.07) is 12.0. The molecule has 0 atom stereocenters. The van der Waals surface area contributed by atoms with E-state index in [-0.39, 0.29) is 0 Å². The summed E-state index contributed by atoms with van der Waals surface area (Å²) in [6.45, 7) is 0.872. The van der Waals surface area contributed by atoms with Gasteiger partial charge in [0.05, 0.1) is 6.54 Å². The van der Waals surface area contributed by atoms with Crippen molar-refractivity contribution < 1.29 is 0 Å². The van der Waals surface area contributed by atoms with E-state index >= 15 is 0 Å². The van der Waals surface area contributed by atoms with E-state index in [1.807, 2.05) is 36.5 Å². The average molecular weight is 201 g/mol. The van der Waals surface area contributed by atoms with Crippen molar-refractivity contribution in [2.45, 2.75) is 6.54 Å². The van der Waals surface area contributed by atoms with Crippen molar-refractivity contribution in [3.05, 3.63) is 48.3 Å². The Morgan fingerprint density at radius 3 is 2.53 bits per heavy atom. The zero-order valence-electron chi connectivity index (χ0n) is 8.77. The maximum absolute atomic E-state index is 5.64. The molecule has 0 amide bonds. The largest absolute Gasteiger partial charge is 0.399 e. The van der Waals surface area contributed by atoms with Gasteiger partial charge >= 0.3 is 0 Å². The Morgan fingerprint density at radius 2 is 1.93 bits per heavy atom. The molecule has 3 N–H and O–H groups in total. The predicted octanol–water partition coefficient (Wildman–Crippen LogP) is 2.23. The minimum Gasteiger partial charge on any atom is -0.399 e. The average Bonchev–Trinajstić information content (AvgIpc) is 2.71. The smallest absolute Gasteiger partial charge is 0.0576 e. The van der Waals surface area contributed by atoms with Crippen LogP contribution in [0, 0.1) is 0 Å². The van der Waals surface area contributed by atoms with Gasteiger partial charge in [0.1, 0.15) is 0 Å². The van der Waals surface area contributed by atoms with Crippen LogP contribution in [-0.2, 0) is 6.54 Å². The Kier molecular flexibility index (Phi) is 2.63. The number of rotatable bonds is 3. The van der Waals surface area contributed by atoms with Crippen LogP contribution in [0.25, 0.3) is 0 Å². The van der Waals surface area contributed by atoms with Gasteiger partial charge in [-0.25, -0.2) is 0 Å². The molecule has 0 aliphatic heterocycles. The Hall–Kier alpha value is -1.90. The van der Waals surface area contributed by atoms with E-state index in [0.29, 0.717) is 0 Å². The third-order valence-electron chi connectivity index (χ3n) is 2.40. The zero-order chi connectivity index (χ0) is 10.7. The van der Waals surface area contributed by atoms with Crippen molar-refractivity contribution >= 4 is 11.4 Å². The molecule has 2 rings (SSSR count). The van der Waals surface area contributed by atoms with E-state index in [9.17, 15) is 0 Å². The molecule has 0 radical (unpaired) electrons. The van der Waals surface area contributed by atoms with Crippen LogP contribution in [-0.4, -0.2) is 12.0 Å². The predicted molar refractivity (Wildman–Crippen MR) is 63.8 cm³/mol. The first-order valence-electron chi connectivity index (χ1n) is 4.94. The lowest BCUT2D eigenvalue weighted by Crippen LogP contribution is -2.16. The Morgan fingerprint density at radius 1 is 1.20 bits per heavy atom. The van der Waals surface area contributed by atoms with Crippen LogP contribution < -0.4 is 10.6 Å². The molecule has 0 saturated carbocycles. The second-order valence-electron chi connectivity index (χ2n) is 3.64. The normalized spacial score (nSPS) is 10.2. The van der Waals surface area contributed by atoms with Gasteiger partial charge in [-0.1, -0.05) is 0 Å². The van der Waals surface area contributed by atoms with Gasteiger partial charge in [0.25, 0.3) is 0 Å². The standard InChI is InChI=1S/C12H15N3/c1-15(9-11-3-2-8-14-11)12-6-4-10(13)5-7-12/h2-8,14H,9,13H2,1H3. The fourth-order valence-corrected chi connectivity index (χ4v) is 1.54. The number of hydrogen-bond acceptors (Lipinski definition) is 2. The molecular weight excluding hydrogens is 186 g/mol. The fraction of sp³-hybridized carbons (Fsp3) is 0.167. The molecule has 1 heterocycles. The van der Waals surface area contributed by atoms with E-state index < -0.39 is 0 Å². The fourth-order valence-electron chi connectivity index (χ4n) is 1.54. The highest BCUT2D eigenvalue weighted by atomic mass is 15.1. The van der Waals surface area contributed by atoms with Crippen molar-refractivity contribution in [3.63, 3.8) is 0 Å². The van der Waals surface area contributed by atoms with Gasteiger partial charge in [0.15, 0.2) is 0 Å². The topological polar surface area (TPSA) is 45.0 Å². The Balaban J connectivity index is 2.08. The summed E-state index contributed by atoms with van der Waals surface area (Å²) in [5.41, 5.74) is 8.80. The van der Waals surface area contributed by atoms with E-state index in [0.717, 1.165) is 12.2 Å². The van der Waals surface area contributed by atoms with Crippen molar-refractivity contribution in [1.29, 1.82) is 0 Å². The van der Waals surface area contributed by atoms with Gasteiger partial charge < -0.3 is 15.6 Å². The van der Waals surface area contributed by atoms with E-state index in [1.54, 1.807) is 0 Å². The summed E-state index contributed by atoms with van der Waals surface area (Å²) in [5, 5.41) is 0. The van der Waals surface area contributed by atoms with Crippen molar-refractivity contribution in [1.82, 2.24) is 4.98 Å². The second kappa shape index (κ2) is 4.09.